The van der Waals surface area contributed by atoms with Crippen LogP contribution in [0.25, 0.3) is 0 Å². The molecule has 1 heterocycles. The van der Waals surface area contributed by atoms with Crippen LogP contribution in [0.3, 0.4) is 0 Å². The zero-order valence-corrected chi connectivity index (χ0v) is 13.3. The Bertz CT molecular complexity index is 457. The van der Waals surface area contributed by atoms with Crippen LogP contribution in [-0.4, -0.2) is 24.4 Å². The van der Waals surface area contributed by atoms with E-state index in [-0.39, 0.29) is 17.9 Å². The van der Waals surface area contributed by atoms with Gasteiger partial charge in [0.25, 0.3) is 0 Å². The van der Waals surface area contributed by atoms with E-state index in [0.29, 0.717) is 19.0 Å². The summed E-state index contributed by atoms with van der Waals surface area (Å²) in [5.74, 6) is 0.346. The Morgan fingerprint density at radius 2 is 2.00 bits per heavy atom. The van der Waals surface area contributed by atoms with Gasteiger partial charge in [-0.15, -0.1) is 11.3 Å². The lowest BCUT2D eigenvalue weighted by atomic mass is 10.2. The molecule has 20 heavy (non-hydrogen) atoms. The summed E-state index contributed by atoms with van der Waals surface area (Å²) in [6.45, 7) is 8.68. The molecule has 1 rings (SSSR count). The van der Waals surface area contributed by atoms with Crippen LogP contribution in [0.1, 0.15) is 32.6 Å². The molecule has 1 aromatic rings. The van der Waals surface area contributed by atoms with Crippen molar-refractivity contribution in [2.45, 2.75) is 40.3 Å². The van der Waals surface area contributed by atoms with Gasteiger partial charge in [-0.2, -0.15) is 0 Å². The van der Waals surface area contributed by atoms with E-state index in [1.807, 2.05) is 18.4 Å². The molecule has 5 nitrogen and oxygen atoms in total. The summed E-state index contributed by atoms with van der Waals surface area (Å²) in [4.78, 5) is 23.9. The van der Waals surface area contributed by atoms with Crippen LogP contribution in [0.4, 0.5) is 5.69 Å². The second-order valence-corrected chi connectivity index (χ2v) is 6.18. The average molecular weight is 297 g/mol. The van der Waals surface area contributed by atoms with Gasteiger partial charge in [-0.1, -0.05) is 13.8 Å². The second-order valence-electron chi connectivity index (χ2n) is 5.18. The molecule has 0 spiro atoms. The minimum Gasteiger partial charge on any atom is -0.354 e. The van der Waals surface area contributed by atoms with Crippen LogP contribution >= 0.6 is 11.3 Å². The van der Waals surface area contributed by atoms with E-state index in [1.165, 1.54) is 6.92 Å². The van der Waals surface area contributed by atoms with Gasteiger partial charge in [0.1, 0.15) is 0 Å². The highest BCUT2D eigenvalue weighted by molar-refractivity contribution is 7.10. The van der Waals surface area contributed by atoms with E-state index in [4.69, 9.17) is 0 Å². The molecule has 6 heteroatoms. The lowest BCUT2D eigenvalue weighted by Crippen LogP contribution is -2.42. The minimum absolute atomic E-state index is 0.00340. The van der Waals surface area contributed by atoms with Crippen molar-refractivity contribution in [2.24, 2.45) is 5.92 Å². The number of thiophene rings is 1. The van der Waals surface area contributed by atoms with Gasteiger partial charge in [-0.3, -0.25) is 9.59 Å². The first-order valence-electron chi connectivity index (χ1n) is 6.75. The highest BCUT2D eigenvalue weighted by Gasteiger charge is 2.13. The summed E-state index contributed by atoms with van der Waals surface area (Å²) in [5, 5.41) is 10.8. The third-order valence-corrected chi connectivity index (χ3v) is 3.62. The van der Waals surface area contributed by atoms with E-state index >= 15 is 0 Å². The van der Waals surface area contributed by atoms with Crippen molar-refractivity contribution in [1.29, 1.82) is 0 Å². The molecule has 0 bridgehead atoms. The quantitative estimate of drug-likeness (QED) is 0.720. The highest BCUT2D eigenvalue weighted by atomic mass is 32.1. The molecule has 0 aliphatic heterocycles. The summed E-state index contributed by atoms with van der Waals surface area (Å²) < 4.78 is 0. The molecule has 0 saturated carbocycles. The first kappa shape index (κ1) is 16.7. The molecule has 1 aromatic heterocycles. The maximum Gasteiger partial charge on any atom is 0.236 e. The largest absolute Gasteiger partial charge is 0.354 e. The van der Waals surface area contributed by atoms with Gasteiger partial charge < -0.3 is 16.0 Å². The SMILES string of the molecule is CC(=O)Nc1ccsc1CNC(C)C(=O)NCC(C)C. The Morgan fingerprint density at radius 3 is 2.60 bits per heavy atom. The zero-order valence-electron chi connectivity index (χ0n) is 12.4. The molecule has 1 unspecified atom stereocenters. The summed E-state index contributed by atoms with van der Waals surface area (Å²) in [6.07, 6.45) is 0. The van der Waals surface area contributed by atoms with Crippen molar-refractivity contribution in [2.75, 3.05) is 11.9 Å². The molecule has 0 aliphatic carbocycles. The third-order valence-electron chi connectivity index (χ3n) is 2.70. The van der Waals surface area contributed by atoms with Gasteiger partial charge in [0, 0.05) is 24.9 Å². The highest BCUT2D eigenvalue weighted by Crippen LogP contribution is 2.22. The van der Waals surface area contributed by atoms with Crippen molar-refractivity contribution < 1.29 is 9.59 Å². The van der Waals surface area contributed by atoms with Crippen molar-refractivity contribution in [1.82, 2.24) is 10.6 Å². The Kier molecular flexibility index (Phi) is 6.67. The van der Waals surface area contributed by atoms with E-state index in [2.05, 4.69) is 29.8 Å². The van der Waals surface area contributed by atoms with E-state index in [0.717, 1.165) is 10.6 Å². The van der Waals surface area contributed by atoms with Gasteiger partial charge in [0.15, 0.2) is 0 Å². The van der Waals surface area contributed by atoms with Gasteiger partial charge in [0.2, 0.25) is 11.8 Å². The fraction of sp³-hybridized carbons (Fsp3) is 0.571. The van der Waals surface area contributed by atoms with Crippen molar-refractivity contribution in [3.05, 3.63) is 16.3 Å². The lowest BCUT2D eigenvalue weighted by molar-refractivity contribution is -0.123. The van der Waals surface area contributed by atoms with Crippen LogP contribution in [-0.2, 0) is 16.1 Å². The van der Waals surface area contributed by atoms with Crippen molar-refractivity contribution >= 4 is 28.8 Å². The Hall–Kier alpha value is -1.40. The Morgan fingerprint density at radius 1 is 1.30 bits per heavy atom. The molecular weight excluding hydrogens is 274 g/mol. The Labute approximate surface area is 124 Å². The fourth-order valence-corrected chi connectivity index (χ4v) is 2.36. The van der Waals surface area contributed by atoms with Gasteiger partial charge in [0.05, 0.1) is 11.7 Å². The van der Waals surface area contributed by atoms with Crippen molar-refractivity contribution in [3.8, 4) is 0 Å². The van der Waals surface area contributed by atoms with Crippen LogP contribution in [0.5, 0.6) is 0 Å². The topological polar surface area (TPSA) is 70.2 Å². The summed E-state index contributed by atoms with van der Waals surface area (Å²) in [7, 11) is 0. The standard InChI is InChI=1S/C14H23N3O2S/c1-9(2)7-16-14(19)10(3)15-8-13-12(5-6-20-13)17-11(4)18/h5-6,9-10,15H,7-8H2,1-4H3,(H,16,19)(H,17,18). The van der Waals surface area contributed by atoms with Gasteiger partial charge in [-0.05, 0) is 24.3 Å². The normalized spacial score (nSPS) is 12.2. The molecule has 2 amide bonds. The number of amides is 2. The van der Waals surface area contributed by atoms with Crippen molar-refractivity contribution in [3.63, 3.8) is 0 Å². The number of nitrogens with one attached hydrogen (secondary N) is 3. The van der Waals surface area contributed by atoms with Crippen LogP contribution in [0.15, 0.2) is 11.4 Å². The van der Waals surface area contributed by atoms with E-state index in [9.17, 15) is 9.59 Å². The molecule has 1 atom stereocenters. The maximum atomic E-state index is 11.8. The number of carbonyl (C=O) groups excluding carboxylic acids is 2. The molecule has 0 radical (unpaired) electrons. The number of anilines is 1. The van der Waals surface area contributed by atoms with Crippen LogP contribution in [0, 0.1) is 5.92 Å². The maximum absolute atomic E-state index is 11.8. The van der Waals surface area contributed by atoms with Crippen LogP contribution in [0.2, 0.25) is 0 Å². The van der Waals surface area contributed by atoms with Crippen LogP contribution < -0.4 is 16.0 Å². The molecule has 0 aromatic carbocycles. The molecule has 0 fully saturated rings. The predicted molar refractivity (Wildman–Crippen MR) is 82.8 cm³/mol. The molecule has 3 N–H and O–H groups in total. The fourth-order valence-electron chi connectivity index (χ4n) is 1.57. The predicted octanol–water partition coefficient (Wildman–Crippen LogP) is 1.96. The smallest absolute Gasteiger partial charge is 0.236 e. The molecule has 0 aliphatic rings. The average Bonchev–Trinajstić information content (AvgIpc) is 2.79. The van der Waals surface area contributed by atoms with E-state index in [1.54, 1.807) is 11.3 Å². The summed E-state index contributed by atoms with van der Waals surface area (Å²) in [6, 6.07) is 1.60. The monoisotopic (exact) mass is 297 g/mol. The first-order chi connectivity index (χ1) is 9.40. The number of hydrogen-bond acceptors (Lipinski definition) is 4. The second kappa shape index (κ2) is 8.01. The van der Waals surface area contributed by atoms with E-state index < -0.39 is 0 Å². The number of rotatable bonds is 7. The third kappa shape index (κ3) is 5.71. The molecule has 0 saturated heterocycles. The minimum atomic E-state index is -0.263. The zero-order chi connectivity index (χ0) is 15.1. The summed E-state index contributed by atoms with van der Waals surface area (Å²) in [5.41, 5.74) is 0.810. The molecule has 112 valence electrons. The number of hydrogen-bond donors (Lipinski definition) is 3. The van der Waals surface area contributed by atoms with Gasteiger partial charge >= 0.3 is 0 Å². The lowest BCUT2D eigenvalue weighted by Gasteiger charge is -2.15. The Balaban J connectivity index is 2.44. The number of carbonyl (C=O) groups is 2. The first-order valence-corrected chi connectivity index (χ1v) is 7.63. The van der Waals surface area contributed by atoms with Gasteiger partial charge in [-0.25, -0.2) is 0 Å². The summed E-state index contributed by atoms with van der Waals surface area (Å²) >= 11 is 1.55. The molecular formula is C14H23N3O2S.